The van der Waals surface area contributed by atoms with E-state index in [-0.39, 0.29) is 16.6 Å². The van der Waals surface area contributed by atoms with Crippen molar-refractivity contribution >= 4 is 40.9 Å². The number of rotatable bonds is 7. The van der Waals surface area contributed by atoms with Gasteiger partial charge in [-0.2, -0.15) is 13.2 Å². The Balaban J connectivity index is 2.10. The minimum absolute atomic E-state index is 0.0182. The van der Waals surface area contributed by atoms with E-state index >= 15 is 0 Å². The summed E-state index contributed by atoms with van der Waals surface area (Å²) >= 11 is 7.42. The van der Waals surface area contributed by atoms with E-state index in [4.69, 9.17) is 11.6 Å². The van der Waals surface area contributed by atoms with Gasteiger partial charge in [-0.25, -0.2) is 0 Å². The largest absolute Gasteiger partial charge is 0.426 e. The summed E-state index contributed by atoms with van der Waals surface area (Å²) < 4.78 is 38.4. The molecule has 0 bridgehead atoms. The summed E-state index contributed by atoms with van der Waals surface area (Å²) in [7, 11) is 0. The van der Waals surface area contributed by atoms with Crippen LogP contribution in [0.2, 0.25) is 5.02 Å². The number of anilines is 1. The highest BCUT2D eigenvalue weighted by Gasteiger charge is 2.55. The molecular formula is C21H22ClF3N2O3S. The third-order valence-electron chi connectivity index (χ3n) is 4.57. The molecule has 0 aliphatic heterocycles. The molecule has 0 fully saturated rings. The topological polar surface area (TPSA) is 69.6 Å². The summed E-state index contributed by atoms with van der Waals surface area (Å²) in [6.45, 7) is 5.42. The highest BCUT2D eigenvalue weighted by molar-refractivity contribution is 7.99. The number of carbonyl (C=O) groups is 2. The maximum Gasteiger partial charge on any atom is 0.426 e. The second kappa shape index (κ2) is 9.93. The number of halogens is 4. The first kappa shape index (κ1) is 25.0. The zero-order valence-corrected chi connectivity index (χ0v) is 18.7. The van der Waals surface area contributed by atoms with Gasteiger partial charge >= 0.3 is 6.18 Å². The Bertz CT molecular complexity index is 946. The fourth-order valence-corrected chi connectivity index (χ4v) is 3.68. The molecule has 2 rings (SSSR count). The Hall–Kier alpha value is -2.23. The Morgan fingerprint density at radius 1 is 1.06 bits per heavy atom. The van der Waals surface area contributed by atoms with Gasteiger partial charge in [0.2, 0.25) is 5.60 Å². The quantitative estimate of drug-likeness (QED) is 0.577. The molecule has 0 unspecified atom stereocenters. The van der Waals surface area contributed by atoms with Gasteiger partial charge in [-0.1, -0.05) is 23.4 Å². The molecule has 1 atom stereocenters. The lowest BCUT2D eigenvalue weighted by Crippen LogP contribution is -2.52. The fraction of sp³-hybridized carbons (Fsp3) is 0.333. The standard InChI is InChI=1S/C21H22ClF3N2O3S/c1-4-27(5-2)18(28)13-6-8-14(9-7-13)31-15-10-11-17(16(22)12-15)26-19(29)20(3,30)21(23,24)25/h6-12,30H,4-5H2,1-3H3,(H,26,29)/t20-/m1/s1. The molecule has 0 aromatic heterocycles. The number of hydrogen-bond donors (Lipinski definition) is 2. The number of carbonyl (C=O) groups excluding carboxylic acids is 2. The van der Waals surface area contributed by atoms with Crippen molar-refractivity contribution in [2.45, 2.75) is 42.3 Å². The van der Waals surface area contributed by atoms with E-state index < -0.39 is 17.7 Å². The molecule has 31 heavy (non-hydrogen) atoms. The van der Waals surface area contributed by atoms with Gasteiger partial charge in [-0.05, 0) is 63.2 Å². The Kier molecular flexibility index (Phi) is 8.02. The molecule has 5 nitrogen and oxygen atoms in total. The van der Waals surface area contributed by atoms with Crippen LogP contribution in [0.15, 0.2) is 52.3 Å². The lowest BCUT2D eigenvalue weighted by Gasteiger charge is -2.25. The zero-order valence-electron chi connectivity index (χ0n) is 17.1. The molecule has 0 saturated carbocycles. The number of aliphatic hydroxyl groups is 1. The molecule has 168 valence electrons. The summed E-state index contributed by atoms with van der Waals surface area (Å²) in [5, 5.41) is 11.5. The van der Waals surface area contributed by atoms with Gasteiger partial charge in [0.05, 0.1) is 10.7 Å². The Morgan fingerprint density at radius 3 is 2.10 bits per heavy atom. The lowest BCUT2D eigenvalue weighted by molar-refractivity contribution is -0.242. The summed E-state index contributed by atoms with van der Waals surface area (Å²) in [4.78, 5) is 27.4. The van der Waals surface area contributed by atoms with Gasteiger partial charge in [0.1, 0.15) is 0 Å². The van der Waals surface area contributed by atoms with Crippen molar-refractivity contribution in [1.29, 1.82) is 0 Å². The second-order valence-corrected chi connectivity index (χ2v) is 8.32. The van der Waals surface area contributed by atoms with E-state index in [1.165, 1.54) is 23.9 Å². The molecule has 2 amide bonds. The molecule has 2 N–H and O–H groups in total. The van der Waals surface area contributed by atoms with Gasteiger partial charge in [0.15, 0.2) is 0 Å². The van der Waals surface area contributed by atoms with Crippen LogP contribution < -0.4 is 5.32 Å². The second-order valence-electron chi connectivity index (χ2n) is 6.77. The first-order chi connectivity index (χ1) is 14.4. The van der Waals surface area contributed by atoms with Crippen molar-refractivity contribution in [2.75, 3.05) is 18.4 Å². The van der Waals surface area contributed by atoms with Crippen molar-refractivity contribution in [3.63, 3.8) is 0 Å². The predicted molar refractivity (Wildman–Crippen MR) is 115 cm³/mol. The van der Waals surface area contributed by atoms with Crippen LogP contribution >= 0.6 is 23.4 Å². The molecule has 0 saturated heterocycles. The molecule has 10 heteroatoms. The minimum Gasteiger partial charge on any atom is -0.373 e. The monoisotopic (exact) mass is 474 g/mol. The van der Waals surface area contributed by atoms with E-state index in [1.54, 1.807) is 35.2 Å². The van der Waals surface area contributed by atoms with Crippen LogP contribution in [0.5, 0.6) is 0 Å². The van der Waals surface area contributed by atoms with Crippen LogP contribution in [0, 0.1) is 0 Å². The zero-order chi connectivity index (χ0) is 23.4. The summed E-state index contributed by atoms with van der Waals surface area (Å²) in [5.41, 5.74) is -3.03. The van der Waals surface area contributed by atoms with E-state index in [9.17, 15) is 27.9 Å². The highest BCUT2D eigenvalue weighted by Crippen LogP contribution is 2.35. The van der Waals surface area contributed by atoms with Gasteiger partial charge in [-0.15, -0.1) is 0 Å². The van der Waals surface area contributed by atoms with Crippen LogP contribution in [0.3, 0.4) is 0 Å². The van der Waals surface area contributed by atoms with Gasteiger partial charge in [0, 0.05) is 28.4 Å². The van der Waals surface area contributed by atoms with Crippen LogP contribution in [0.1, 0.15) is 31.1 Å². The summed E-state index contributed by atoms with van der Waals surface area (Å²) in [6.07, 6.45) is -5.13. The van der Waals surface area contributed by atoms with Crippen LogP contribution in [0.25, 0.3) is 0 Å². The molecule has 0 spiro atoms. The molecule has 2 aromatic carbocycles. The van der Waals surface area contributed by atoms with Crippen LogP contribution in [-0.2, 0) is 4.79 Å². The number of hydrogen-bond acceptors (Lipinski definition) is 4. The molecule has 0 aliphatic rings. The number of amides is 2. The summed E-state index contributed by atoms with van der Waals surface area (Å²) in [6, 6.07) is 11.4. The fourth-order valence-electron chi connectivity index (χ4n) is 2.53. The average Bonchev–Trinajstić information content (AvgIpc) is 2.70. The lowest BCUT2D eigenvalue weighted by atomic mass is 10.1. The van der Waals surface area contributed by atoms with Crippen LogP contribution in [-0.4, -0.2) is 46.7 Å². The van der Waals surface area contributed by atoms with Crippen molar-refractivity contribution in [3.05, 3.63) is 53.1 Å². The van der Waals surface area contributed by atoms with Gasteiger partial charge in [-0.3, -0.25) is 9.59 Å². The van der Waals surface area contributed by atoms with Crippen molar-refractivity contribution < 1.29 is 27.9 Å². The van der Waals surface area contributed by atoms with E-state index in [1.807, 2.05) is 19.2 Å². The average molecular weight is 475 g/mol. The van der Waals surface area contributed by atoms with E-state index in [0.29, 0.717) is 30.5 Å². The predicted octanol–water partition coefficient (Wildman–Crippen LogP) is 5.23. The minimum atomic E-state index is -5.13. The number of alkyl halides is 3. The molecule has 0 radical (unpaired) electrons. The normalized spacial score (nSPS) is 13.4. The molecular weight excluding hydrogens is 453 g/mol. The van der Waals surface area contributed by atoms with Crippen LogP contribution in [0.4, 0.5) is 18.9 Å². The number of benzene rings is 2. The smallest absolute Gasteiger partial charge is 0.373 e. The van der Waals surface area contributed by atoms with Crippen molar-refractivity contribution in [2.24, 2.45) is 0 Å². The van der Waals surface area contributed by atoms with Crippen molar-refractivity contribution in [3.8, 4) is 0 Å². The molecule has 0 aliphatic carbocycles. The Morgan fingerprint density at radius 2 is 1.61 bits per heavy atom. The Labute approximate surface area is 187 Å². The number of nitrogens with one attached hydrogen (secondary N) is 1. The molecule has 0 heterocycles. The van der Waals surface area contributed by atoms with E-state index in [0.717, 1.165) is 4.90 Å². The number of nitrogens with zero attached hydrogens (tertiary/aromatic N) is 1. The third kappa shape index (κ3) is 5.93. The highest BCUT2D eigenvalue weighted by atomic mass is 35.5. The summed E-state index contributed by atoms with van der Waals surface area (Å²) in [5.74, 6) is -1.69. The maximum atomic E-state index is 12.8. The van der Waals surface area contributed by atoms with E-state index in [2.05, 4.69) is 0 Å². The first-order valence-electron chi connectivity index (χ1n) is 9.38. The van der Waals surface area contributed by atoms with Gasteiger partial charge in [0.25, 0.3) is 11.8 Å². The third-order valence-corrected chi connectivity index (χ3v) is 5.88. The SMILES string of the molecule is CCN(CC)C(=O)c1ccc(Sc2ccc(NC(=O)[C@@](C)(O)C(F)(F)F)c(Cl)c2)cc1. The van der Waals surface area contributed by atoms with Gasteiger partial charge < -0.3 is 15.3 Å². The van der Waals surface area contributed by atoms with Crippen molar-refractivity contribution in [1.82, 2.24) is 4.90 Å². The first-order valence-corrected chi connectivity index (χ1v) is 10.6. The molecule has 2 aromatic rings. The maximum absolute atomic E-state index is 12.8.